The van der Waals surface area contributed by atoms with Crippen molar-refractivity contribution in [3.05, 3.63) is 29.3 Å². The molecule has 0 saturated heterocycles. The zero-order chi connectivity index (χ0) is 13.3. The molecule has 0 saturated carbocycles. The fraction of sp³-hybridized carbons (Fsp3) is 0.625. The van der Waals surface area contributed by atoms with Gasteiger partial charge in [0.2, 0.25) is 0 Å². The van der Waals surface area contributed by atoms with Gasteiger partial charge in [0.15, 0.2) is 0 Å². The van der Waals surface area contributed by atoms with Gasteiger partial charge in [0.05, 0.1) is 0 Å². The number of aryl methyl sites for hydroxylation is 1. The van der Waals surface area contributed by atoms with E-state index in [0.717, 1.165) is 6.42 Å². The van der Waals surface area contributed by atoms with Gasteiger partial charge in [-0.3, -0.25) is 4.90 Å². The number of benzene rings is 1. The summed E-state index contributed by atoms with van der Waals surface area (Å²) in [7, 11) is 2.23. The van der Waals surface area contributed by atoms with Crippen LogP contribution in [0.4, 0.5) is 0 Å². The molecule has 1 aliphatic rings. The van der Waals surface area contributed by atoms with Gasteiger partial charge in [-0.25, -0.2) is 0 Å². The monoisotopic (exact) mass is 247 g/mol. The summed E-state index contributed by atoms with van der Waals surface area (Å²) in [6, 6.07) is 6.96. The highest BCUT2D eigenvalue weighted by Crippen LogP contribution is 2.36. The Labute approximate surface area is 111 Å². The molecule has 100 valence electrons. The molecule has 1 aromatic carbocycles. The van der Waals surface area contributed by atoms with E-state index in [9.17, 15) is 5.11 Å². The average Bonchev–Trinajstić information content (AvgIpc) is 2.35. The number of fused-ring (bicyclic) bond motifs is 1. The lowest BCUT2D eigenvalue weighted by molar-refractivity contribution is 0.134. The number of nitrogens with zero attached hydrogens (tertiary/aromatic N) is 1. The summed E-state index contributed by atoms with van der Waals surface area (Å²) < 4.78 is 0. The largest absolute Gasteiger partial charge is 0.508 e. The molecule has 0 radical (unpaired) electrons. The van der Waals surface area contributed by atoms with Crippen LogP contribution in [-0.4, -0.2) is 23.1 Å². The van der Waals surface area contributed by atoms with Crippen LogP contribution in [0.15, 0.2) is 18.2 Å². The highest BCUT2D eigenvalue weighted by molar-refractivity contribution is 5.38. The molecule has 0 bridgehead atoms. The molecule has 2 atom stereocenters. The predicted octanol–water partition coefficient (Wildman–Crippen LogP) is 3.75. The first kappa shape index (κ1) is 13.4. The van der Waals surface area contributed by atoms with E-state index in [-0.39, 0.29) is 0 Å². The van der Waals surface area contributed by atoms with E-state index < -0.39 is 0 Å². The van der Waals surface area contributed by atoms with Crippen LogP contribution in [0.1, 0.15) is 50.8 Å². The molecule has 18 heavy (non-hydrogen) atoms. The predicted molar refractivity (Wildman–Crippen MR) is 75.8 cm³/mol. The van der Waals surface area contributed by atoms with Gasteiger partial charge in [-0.15, -0.1) is 0 Å². The number of hydrogen-bond donors (Lipinski definition) is 1. The fourth-order valence-corrected chi connectivity index (χ4v) is 2.95. The molecule has 2 nitrogen and oxygen atoms in total. The molecule has 2 rings (SSSR count). The zero-order valence-corrected chi connectivity index (χ0v) is 12.0. The van der Waals surface area contributed by atoms with E-state index in [4.69, 9.17) is 0 Å². The molecule has 0 heterocycles. The van der Waals surface area contributed by atoms with Crippen LogP contribution in [0.2, 0.25) is 0 Å². The summed E-state index contributed by atoms with van der Waals surface area (Å²) in [5.41, 5.74) is 2.74. The molecule has 1 aliphatic carbocycles. The minimum absolute atomic E-state index is 0.397. The summed E-state index contributed by atoms with van der Waals surface area (Å²) in [6.07, 6.45) is 3.55. The summed E-state index contributed by atoms with van der Waals surface area (Å²) in [4.78, 5) is 2.50. The minimum atomic E-state index is 0.397. The van der Waals surface area contributed by atoms with Crippen molar-refractivity contribution < 1.29 is 5.11 Å². The van der Waals surface area contributed by atoms with E-state index in [1.807, 2.05) is 12.1 Å². The maximum atomic E-state index is 9.60. The second-order valence-electron chi connectivity index (χ2n) is 5.94. The van der Waals surface area contributed by atoms with Crippen molar-refractivity contribution in [2.75, 3.05) is 7.05 Å². The zero-order valence-electron chi connectivity index (χ0n) is 12.0. The van der Waals surface area contributed by atoms with E-state index in [1.54, 1.807) is 0 Å². The third-order valence-corrected chi connectivity index (χ3v) is 4.51. The number of phenols is 1. The van der Waals surface area contributed by atoms with Crippen molar-refractivity contribution in [1.29, 1.82) is 0 Å². The van der Waals surface area contributed by atoms with Crippen molar-refractivity contribution >= 4 is 0 Å². The molecule has 2 unspecified atom stereocenters. The van der Waals surface area contributed by atoms with Crippen LogP contribution in [0.5, 0.6) is 5.75 Å². The molecule has 1 aromatic rings. The van der Waals surface area contributed by atoms with E-state index in [0.29, 0.717) is 23.8 Å². The highest BCUT2D eigenvalue weighted by atomic mass is 16.3. The fourth-order valence-electron chi connectivity index (χ4n) is 2.95. The van der Waals surface area contributed by atoms with Crippen LogP contribution in [-0.2, 0) is 6.42 Å². The molecule has 0 amide bonds. The first-order valence-corrected chi connectivity index (χ1v) is 7.04. The molecule has 2 heteroatoms. The van der Waals surface area contributed by atoms with Crippen LogP contribution < -0.4 is 0 Å². The number of aromatic hydroxyl groups is 1. The Morgan fingerprint density at radius 2 is 2.00 bits per heavy atom. The molecular formula is C16H25NO. The van der Waals surface area contributed by atoms with Crippen LogP contribution in [0.25, 0.3) is 0 Å². The molecule has 0 aliphatic heterocycles. The van der Waals surface area contributed by atoms with Crippen LogP contribution in [0, 0.1) is 5.92 Å². The van der Waals surface area contributed by atoms with Crippen molar-refractivity contribution in [1.82, 2.24) is 4.90 Å². The Balaban J connectivity index is 2.27. The van der Waals surface area contributed by atoms with Gasteiger partial charge in [0.25, 0.3) is 0 Å². The highest BCUT2D eigenvalue weighted by Gasteiger charge is 2.27. The summed E-state index contributed by atoms with van der Waals surface area (Å²) in [6.45, 7) is 6.86. The molecular weight excluding hydrogens is 222 g/mol. The second-order valence-corrected chi connectivity index (χ2v) is 5.94. The molecule has 1 N–H and O–H groups in total. The van der Waals surface area contributed by atoms with Gasteiger partial charge in [-0.05, 0) is 62.4 Å². The second kappa shape index (κ2) is 5.31. The standard InChI is InChI=1S/C16H25NO/c1-11(2)12(3)17(4)16-7-5-6-13-10-14(18)8-9-15(13)16/h8-12,16,18H,5-7H2,1-4H3. The number of phenolic OH excluding ortho intramolecular Hbond substituents is 1. The molecule has 0 aromatic heterocycles. The van der Waals surface area contributed by atoms with Gasteiger partial charge in [0.1, 0.15) is 5.75 Å². The summed E-state index contributed by atoms with van der Waals surface area (Å²) >= 11 is 0. The average molecular weight is 247 g/mol. The normalized spacial score (nSPS) is 21.1. The van der Waals surface area contributed by atoms with Gasteiger partial charge in [-0.1, -0.05) is 19.9 Å². The third kappa shape index (κ3) is 2.54. The van der Waals surface area contributed by atoms with E-state index in [2.05, 4.69) is 38.8 Å². The lowest BCUT2D eigenvalue weighted by atomic mass is 9.85. The Hall–Kier alpha value is -1.02. The maximum Gasteiger partial charge on any atom is 0.115 e. The van der Waals surface area contributed by atoms with Crippen LogP contribution in [0.3, 0.4) is 0 Å². The van der Waals surface area contributed by atoms with E-state index >= 15 is 0 Å². The van der Waals surface area contributed by atoms with Gasteiger partial charge < -0.3 is 5.11 Å². The lowest BCUT2D eigenvalue weighted by Crippen LogP contribution is -2.37. The van der Waals surface area contributed by atoms with Crippen molar-refractivity contribution in [2.24, 2.45) is 5.92 Å². The quantitative estimate of drug-likeness (QED) is 0.879. The topological polar surface area (TPSA) is 23.5 Å². The van der Waals surface area contributed by atoms with E-state index in [1.165, 1.54) is 24.0 Å². The smallest absolute Gasteiger partial charge is 0.115 e. The van der Waals surface area contributed by atoms with Crippen molar-refractivity contribution in [3.63, 3.8) is 0 Å². The Bertz CT molecular complexity index is 414. The third-order valence-electron chi connectivity index (χ3n) is 4.51. The van der Waals surface area contributed by atoms with Crippen molar-refractivity contribution in [2.45, 2.75) is 52.1 Å². The first-order chi connectivity index (χ1) is 8.50. The summed E-state index contributed by atoms with van der Waals surface area (Å²) in [5, 5.41) is 9.60. The Morgan fingerprint density at radius 1 is 1.28 bits per heavy atom. The van der Waals surface area contributed by atoms with Gasteiger partial charge >= 0.3 is 0 Å². The SMILES string of the molecule is CC(C)C(C)N(C)C1CCCc2cc(O)ccc21. The van der Waals surface area contributed by atoms with Gasteiger partial charge in [-0.2, -0.15) is 0 Å². The first-order valence-electron chi connectivity index (χ1n) is 7.04. The van der Waals surface area contributed by atoms with Crippen molar-refractivity contribution in [3.8, 4) is 5.75 Å². The number of rotatable bonds is 3. The lowest BCUT2D eigenvalue weighted by Gasteiger charge is -2.38. The number of hydrogen-bond acceptors (Lipinski definition) is 2. The summed E-state index contributed by atoms with van der Waals surface area (Å²) in [5.74, 6) is 1.06. The molecule has 0 spiro atoms. The van der Waals surface area contributed by atoms with Gasteiger partial charge in [0, 0.05) is 12.1 Å². The van der Waals surface area contributed by atoms with Crippen LogP contribution >= 0.6 is 0 Å². The Kier molecular flexibility index (Phi) is 3.96. The minimum Gasteiger partial charge on any atom is -0.508 e. The Morgan fingerprint density at radius 3 is 2.67 bits per heavy atom. The molecule has 0 fully saturated rings. The maximum absolute atomic E-state index is 9.60.